The number of amides is 4. The highest BCUT2D eigenvalue weighted by Crippen LogP contribution is 2.47. The van der Waals surface area contributed by atoms with Crippen molar-refractivity contribution in [3.8, 4) is 5.75 Å². The lowest BCUT2D eigenvalue weighted by molar-refractivity contribution is -0.159. The summed E-state index contributed by atoms with van der Waals surface area (Å²) in [7, 11) is 0. The van der Waals surface area contributed by atoms with Crippen molar-refractivity contribution in [1.29, 1.82) is 0 Å². The number of benzene rings is 1. The molecule has 1 unspecified atom stereocenters. The Morgan fingerprint density at radius 2 is 1.95 bits per heavy atom. The lowest BCUT2D eigenvalue weighted by Gasteiger charge is -2.45. The Labute approximate surface area is 121 Å². The van der Waals surface area contributed by atoms with Crippen LogP contribution in [0.4, 0.5) is 4.79 Å². The normalized spacial score (nSPS) is 26.2. The van der Waals surface area contributed by atoms with E-state index in [4.69, 9.17) is 4.74 Å². The van der Waals surface area contributed by atoms with Crippen molar-refractivity contribution in [1.82, 2.24) is 10.2 Å². The molecular weight excluding hydrogens is 272 g/mol. The summed E-state index contributed by atoms with van der Waals surface area (Å²) < 4.78 is 5.55. The molecule has 108 valence electrons. The van der Waals surface area contributed by atoms with Gasteiger partial charge in [-0.25, -0.2) is 4.79 Å². The van der Waals surface area contributed by atoms with Gasteiger partial charge in [0.25, 0.3) is 0 Å². The number of carbonyl (C=O) groups excluding carboxylic acids is 3. The van der Waals surface area contributed by atoms with Gasteiger partial charge in [-0.2, -0.15) is 0 Å². The molecule has 21 heavy (non-hydrogen) atoms. The van der Waals surface area contributed by atoms with Crippen molar-refractivity contribution in [3.63, 3.8) is 0 Å². The number of nitrogens with zero attached hydrogens (tertiary/aromatic N) is 1. The first-order valence-corrected chi connectivity index (χ1v) is 7.04. The average molecular weight is 286 g/mol. The number of carbonyl (C=O) groups is 3. The molecule has 3 aliphatic rings. The van der Waals surface area contributed by atoms with Crippen molar-refractivity contribution in [2.45, 2.75) is 25.3 Å². The molecule has 6 heteroatoms. The van der Waals surface area contributed by atoms with Gasteiger partial charge in [0.2, 0.25) is 11.8 Å². The fraction of sp³-hybridized carbons (Fsp3) is 0.400. The van der Waals surface area contributed by atoms with Gasteiger partial charge in [0.05, 0.1) is 0 Å². The molecule has 0 radical (unpaired) electrons. The van der Waals surface area contributed by atoms with Gasteiger partial charge in [0, 0.05) is 5.56 Å². The van der Waals surface area contributed by atoms with Crippen LogP contribution in [0.25, 0.3) is 0 Å². The summed E-state index contributed by atoms with van der Waals surface area (Å²) in [6, 6.07) is 6.24. The maximum Gasteiger partial charge on any atom is 0.331 e. The molecule has 6 nitrogen and oxygen atoms in total. The van der Waals surface area contributed by atoms with Gasteiger partial charge in [-0.1, -0.05) is 24.6 Å². The predicted octanol–water partition coefficient (Wildman–Crippen LogP) is 1.37. The minimum atomic E-state index is -1.04. The molecule has 4 amide bonds. The Morgan fingerprint density at radius 3 is 2.67 bits per heavy atom. The first-order valence-electron chi connectivity index (χ1n) is 7.04. The summed E-state index contributed by atoms with van der Waals surface area (Å²) in [6.45, 7) is 0.239. The van der Waals surface area contributed by atoms with Crippen molar-refractivity contribution >= 4 is 17.8 Å². The van der Waals surface area contributed by atoms with Crippen LogP contribution >= 0.6 is 0 Å². The lowest BCUT2D eigenvalue weighted by atomic mass is 9.66. The minimum absolute atomic E-state index is 0.239. The summed E-state index contributed by atoms with van der Waals surface area (Å²) in [4.78, 5) is 38.1. The molecule has 1 saturated heterocycles. The highest BCUT2D eigenvalue weighted by atomic mass is 16.5. The maximum atomic E-state index is 12.7. The molecule has 1 aliphatic carbocycles. The van der Waals surface area contributed by atoms with Crippen LogP contribution in [0.15, 0.2) is 24.3 Å². The Balaban J connectivity index is 1.73. The molecule has 2 fully saturated rings. The molecule has 1 aromatic rings. The number of hydrogen-bond donors (Lipinski definition) is 1. The summed E-state index contributed by atoms with van der Waals surface area (Å²) in [5.41, 5.74) is -0.226. The van der Waals surface area contributed by atoms with Crippen LogP contribution in [0, 0.1) is 5.41 Å². The molecule has 0 bridgehead atoms. The van der Waals surface area contributed by atoms with Crippen LogP contribution in [0.5, 0.6) is 5.75 Å². The van der Waals surface area contributed by atoms with Gasteiger partial charge in [-0.3, -0.25) is 19.8 Å². The van der Waals surface area contributed by atoms with Crippen molar-refractivity contribution in [2.24, 2.45) is 5.41 Å². The SMILES string of the molecule is O=C1NC(=O)C2(CCC2)C(=O)N1C1COc2ccccc21. The largest absolute Gasteiger partial charge is 0.491 e. The van der Waals surface area contributed by atoms with E-state index in [-0.39, 0.29) is 12.5 Å². The van der Waals surface area contributed by atoms with Crippen LogP contribution in [0.2, 0.25) is 0 Å². The quantitative estimate of drug-likeness (QED) is 0.791. The van der Waals surface area contributed by atoms with Gasteiger partial charge in [0.1, 0.15) is 23.8 Å². The third-order valence-corrected chi connectivity index (χ3v) is 4.70. The zero-order valence-electron chi connectivity index (χ0n) is 11.3. The monoisotopic (exact) mass is 286 g/mol. The number of nitrogens with one attached hydrogen (secondary N) is 1. The van der Waals surface area contributed by atoms with E-state index in [0.29, 0.717) is 18.6 Å². The van der Waals surface area contributed by atoms with E-state index in [1.807, 2.05) is 24.3 Å². The number of hydrogen-bond acceptors (Lipinski definition) is 4. The molecular formula is C15H14N2O4. The van der Waals surface area contributed by atoms with Gasteiger partial charge in [-0.15, -0.1) is 0 Å². The van der Waals surface area contributed by atoms with E-state index in [0.717, 1.165) is 12.0 Å². The second kappa shape index (κ2) is 4.07. The van der Waals surface area contributed by atoms with E-state index in [1.165, 1.54) is 4.90 Å². The lowest BCUT2D eigenvalue weighted by Crippen LogP contribution is -2.66. The second-order valence-corrected chi connectivity index (χ2v) is 5.73. The van der Waals surface area contributed by atoms with Gasteiger partial charge in [0.15, 0.2) is 0 Å². The Bertz CT molecular complexity index is 665. The van der Waals surface area contributed by atoms with Crippen molar-refractivity contribution in [3.05, 3.63) is 29.8 Å². The average Bonchev–Trinajstić information content (AvgIpc) is 2.81. The summed E-state index contributed by atoms with van der Waals surface area (Å²) in [5.74, 6) is -0.150. The van der Waals surface area contributed by atoms with Crippen LogP contribution in [-0.4, -0.2) is 29.4 Å². The van der Waals surface area contributed by atoms with Crippen molar-refractivity contribution < 1.29 is 19.1 Å². The number of imide groups is 2. The van der Waals surface area contributed by atoms with E-state index in [2.05, 4.69) is 5.32 Å². The summed E-state index contributed by atoms with van der Waals surface area (Å²) >= 11 is 0. The fourth-order valence-electron chi connectivity index (χ4n) is 3.31. The number of rotatable bonds is 1. The molecule has 1 N–H and O–H groups in total. The third kappa shape index (κ3) is 1.50. The van der Waals surface area contributed by atoms with E-state index in [9.17, 15) is 14.4 Å². The third-order valence-electron chi connectivity index (χ3n) is 4.70. The second-order valence-electron chi connectivity index (χ2n) is 5.73. The summed E-state index contributed by atoms with van der Waals surface area (Å²) in [6.07, 6.45) is 1.85. The molecule has 4 rings (SSSR count). The highest BCUT2D eigenvalue weighted by molar-refractivity contribution is 6.19. The molecule has 0 aromatic heterocycles. The zero-order valence-corrected chi connectivity index (χ0v) is 11.3. The Hall–Kier alpha value is -2.37. The van der Waals surface area contributed by atoms with Crippen LogP contribution in [0.3, 0.4) is 0 Å². The first-order chi connectivity index (χ1) is 10.1. The number of barbiturate groups is 1. The fourth-order valence-corrected chi connectivity index (χ4v) is 3.31. The topological polar surface area (TPSA) is 75.7 Å². The smallest absolute Gasteiger partial charge is 0.331 e. The van der Waals surface area contributed by atoms with E-state index in [1.54, 1.807) is 0 Å². The number of urea groups is 1. The molecule has 1 spiro atoms. The van der Waals surface area contributed by atoms with Crippen LogP contribution in [-0.2, 0) is 9.59 Å². The minimum Gasteiger partial charge on any atom is -0.491 e. The van der Waals surface area contributed by atoms with E-state index < -0.39 is 23.4 Å². The Morgan fingerprint density at radius 1 is 1.19 bits per heavy atom. The molecule has 2 aliphatic heterocycles. The first kappa shape index (κ1) is 12.4. The zero-order chi connectivity index (χ0) is 14.6. The van der Waals surface area contributed by atoms with Crippen molar-refractivity contribution in [2.75, 3.05) is 6.61 Å². The molecule has 2 heterocycles. The van der Waals surface area contributed by atoms with E-state index >= 15 is 0 Å². The van der Waals surface area contributed by atoms with Gasteiger partial charge in [-0.05, 0) is 18.9 Å². The molecule has 1 saturated carbocycles. The number of fused-ring (bicyclic) bond motifs is 1. The van der Waals surface area contributed by atoms with Gasteiger partial charge >= 0.3 is 6.03 Å². The summed E-state index contributed by atoms with van der Waals surface area (Å²) in [5, 5.41) is 2.33. The number of para-hydroxylation sites is 1. The molecule has 1 aromatic carbocycles. The standard InChI is InChI=1S/C15H14N2O4/c18-12-15(6-3-7-15)13(19)17(14(20)16-12)10-8-21-11-5-2-1-4-9(10)11/h1-2,4-5,10H,3,6-8H2,(H,16,18,20). The predicted molar refractivity (Wildman–Crippen MR) is 71.3 cm³/mol. The van der Waals surface area contributed by atoms with Crippen LogP contribution < -0.4 is 10.1 Å². The maximum absolute atomic E-state index is 12.7. The highest BCUT2D eigenvalue weighted by Gasteiger charge is 2.59. The Kier molecular flexibility index (Phi) is 2.40. The van der Waals surface area contributed by atoms with Gasteiger partial charge < -0.3 is 4.74 Å². The molecule has 1 atom stereocenters. The van der Waals surface area contributed by atoms with Crippen LogP contribution in [0.1, 0.15) is 30.9 Å². The number of ether oxygens (including phenoxy) is 1.